The van der Waals surface area contributed by atoms with Crippen LogP contribution in [0.3, 0.4) is 0 Å². The number of benzene rings is 2. The van der Waals surface area contributed by atoms with Crippen LogP contribution in [0, 0.1) is 0 Å². The maximum atomic E-state index is 13.3. The van der Waals surface area contributed by atoms with E-state index < -0.39 is 35.6 Å². The SMILES string of the molecule is CC1=C2CCc3cc(OCc4cc(C(F)(F)F)ccc4C(F)(F)F)ccc3N2CCC1=O. The lowest BCUT2D eigenvalue weighted by Crippen LogP contribution is -2.35. The van der Waals surface area contributed by atoms with Crippen molar-refractivity contribution in [1.29, 1.82) is 0 Å². The number of hydrogen-bond acceptors (Lipinski definition) is 3. The number of ether oxygens (including phenoxy) is 1. The molecular weight excluding hydrogens is 436 g/mol. The minimum Gasteiger partial charge on any atom is -0.489 e. The predicted octanol–water partition coefficient (Wildman–Crippen LogP) is 6.30. The van der Waals surface area contributed by atoms with E-state index in [0.717, 1.165) is 22.5 Å². The fraction of sp³-hybridized carbons (Fsp3) is 0.348. The highest BCUT2D eigenvalue weighted by molar-refractivity contribution is 5.98. The van der Waals surface area contributed by atoms with E-state index in [1.54, 1.807) is 25.1 Å². The van der Waals surface area contributed by atoms with E-state index in [2.05, 4.69) is 4.90 Å². The lowest BCUT2D eigenvalue weighted by Gasteiger charge is -2.37. The molecular formula is C23H19F6NO2. The Labute approximate surface area is 180 Å². The highest BCUT2D eigenvalue weighted by atomic mass is 19.4. The van der Waals surface area contributed by atoms with Gasteiger partial charge in [0.1, 0.15) is 12.4 Å². The average Bonchev–Trinajstić information content (AvgIpc) is 2.72. The van der Waals surface area contributed by atoms with Gasteiger partial charge in [0, 0.05) is 35.5 Å². The van der Waals surface area contributed by atoms with Gasteiger partial charge in [-0.1, -0.05) is 0 Å². The van der Waals surface area contributed by atoms with E-state index in [-0.39, 0.29) is 11.5 Å². The van der Waals surface area contributed by atoms with Crippen molar-refractivity contribution in [1.82, 2.24) is 0 Å². The van der Waals surface area contributed by atoms with Gasteiger partial charge >= 0.3 is 12.4 Å². The minimum absolute atomic E-state index is 0.126. The molecule has 2 heterocycles. The molecule has 0 saturated heterocycles. The number of allylic oxidation sites excluding steroid dienone is 2. The van der Waals surface area contributed by atoms with Crippen LogP contribution in [-0.4, -0.2) is 12.3 Å². The third kappa shape index (κ3) is 4.20. The van der Waals surface area contributed by atoms with Gasteiger partial charge < -0.3 is 9.64 Å². The summed E-state index contributed by atoms with van der Waals surface area (Å²) in [7, 11) is 0. The fourth-order valence-corrected chi connectivity index (χ4v) is 4.18. The number of carbonyl (C=O) groups excluding carboxylic acids is 1. The number of rotatable bonds is 3. The van der Waals surface area contributed by atoms with Crippen molar-refractivity contribution in [2.24, 2.45) is 0 Å². The number of nitrogens with zero attached hydrogens (tertiary/aromatic N) is 1. The van der Waals surface area contributed by atoms with Gasteiger partial charge in [-0.25, -0.2) is 0 Å². The Hall–Kier alpha value is -2.97. The van der Waals surface area contributed by atoms with Crippen LogP contribution in [0.15, 0.2) is 47.7 Å². The second-order valence-electron chi connectivity index (χ2n) is 7.84. The summed E-state index contributed by atoms with van der Waals surface area (Å²) >= 11 is 0. The number of Topliss-reactive ketones (excluding diaryl/α,β-unsaturated/α-hetero) is 1. The Morgan fingerprint density at radius 1 is 0.938 bits per heavy atom. The van der Waals surface area contributed by atoms with Gasteiger partial charge in [-0.05, 0) is 61.7 Å². The fourth-order valence-electron chi connectivity index (χ4n) is 4.18. The summed E-state index contributed by atoms with van der Waals surface area (Å²) in [6, 6.07) is 6.37. The van der Waals surface area contributed by atoms with Crippen molar-refractivity contribution in [2.75, 3.05) is 11.4 Å². The molecule has 2 aliphatic heterocycles. The molecule has 3 nitrogen and oxygen atoms in total. The zero-order valence-electron chi connectivity index (χ0n) is 17.0. The standard InChI is InChI=1S/C23H19F6NO2/c1-13-19-6-2-14-11-17(4-7-20(14)30(19)9-8-21(13)31)32-12-15-10-16(22(24,25)26)3-5-18(15)23(27,28)29/h3-5,7,10-11H,2,6,8-9,12H2,1H3. The predicted molar refractivity (Wildman–Crippen MR) is 105 cm³/mol. The quantitative estimate of drug-likeness (QED) is 0.509. The van der Waals surface area contributed by atoms with Crippen LogP contribution in [0.25, 0.3) is 0 Å². The molecule has 0 unspecified atom stereocenters. The molecule has 0 N–H and O–H groups in total. The molecule has 0 bridgehead atoms. The van der Waals surface area contributed by atoms with Crippen LogP contribution in [0.5, 0.6) is 5.75 Å². The monoisotopic (exact) mass is 455 g/mol. The van der Waals surface area contributed by atoms with Crippen LogP contribution >= 0.6 is 0 Å². The van der Waals surface area contributed by atoms with E-state index in [9.17, 15) is 31.1 Å². The maximum absolute atomic E-state index is 13.3. The highest BCUT2D eigenvalue weighted by Gasteiger charge is 2.37. The summed E-state index contributed by atoms with van der Waals surface area (Å²) in [6.07, 6.45) is -7.88. The van der Waals surface area contributed by atoms with Crippen LogP contribution < -0.4 is 9.64 Å². The van der Waals surface area contributed by atoms with Gasteiger partial charge in [0.15, 0.2) is 5.78 Å². The van der Waals surface area contributed by atoms with E-state index in [4.69, 9.17) is 4.74 Å². The number of carbonyl (C=O) groups is 1. The van der Waals surface area contributed by atoms with Gasteiger partial charge in [-0.3, -0.25) is 4.79 Å². The Kier molecular flexibility index (Phi) is 5.46. The number of aryl methyl sites for hydroxylation is 1. The van der Waals surface area contributed by atoms with E-state index in [0.29, 0.717) is 44.0 Å². The van der Waals surface area contributed by atoms with Gasteiger partial charge in [0.25, 0.3) is 0 Å². The summed E-state index contributed by atoms with van der Waals surface area (Å²) in [5.74, 6) is 0.396. The number of ketones is 1. The summed E-state index contributed by atoms with van der Waals surface area (Å²) in [6.45, 7) is 1.71. The zero-order valence-corrected chi connectivity index (χ0v) is 17.0. The molecule has 0 amide bonds. The van der Waals surface area contributed by atoms with Crippen LogP contribution in [0.4, 0.5) is 32.0 Å². The third-order valence-electron chi connectivity index (χ3n) is 5.84. The average molecular weight is 455 g/mol. The Morgan fingerprint density at radius 2 is 1.69 bits per heavy atom. The second-order valence-corrected chi connectivity index (χ2v) is 7.84. The minimum atomic E-state index is -4.80. The van der Waals surface area contributed by atoms with Gasteiger partial charge in [-0.2, -0.15) is 26.3 Å². The molecule has 2 aliphatic rings. The molecule has 0 aromatic heterocycles. The number of hydrogen-bond donors (Lipinski definition) is 0. The van der Waals surface area contributed by atoms with Crippen LogP contribution in [0.2, 0.25) is 0 Å². The van der Waals surface area contributed by atoms with Crippen LogP contribution in [0.1, 0.15) is 42.0 Å². The Balaban J connectivity index is 1.59. The van der Waals surface area contributed by atoms with E-state index in [1.807, 2.05) is 0 Å². The number of fused-ring (bicyclic) bond motifs is 3. The molecule has 0 radical (unpaired) electrons. The Bertz CT molecular complexity index is 1100. The lowest BCUT2D eigenvalue weighted by atomic mass is 9.91. The zero-order chi connectivity index (χ0) is 23.3. The first-order chi connectivity index (χ1) is 14.9. The first-order valence-corrected chi connectivity index (χ1v) is 9.98. The summed E-state index contributed by atoms with van der Waals surface area (Å²) in [5, 5.41) is 0. The normalized spacial score (nSPS) is 16.7. The summed E-state index contributed by atoms with van der Waals surface area (Å²) < 4.78 is 84.3. The highest BCUT2D eigenvalue weighted by Crippen LogP contribution is 2.40. The topological polar surface area (TPSA) is 29.5 Å². The molecule has 0 fully saturated rings. The molecule has 0 saturated carbocycles. The van der Waals surface area contributed by atoms with E-state index >= 15 is 0 Å². The second kappa shape index (κ2) is 7.86. The first-order valence-electron chi connectivity index (χ1n) is 9.98. The maximum Gasteiger partial charge on any atom is 0.416 e. The summed E-state index contributed by atoms with van der Waals surface area (Å²) in [4.78, 5) is 14.0. The Morgan fingerprint density at radius 3 is 2.38 bits per heavy atom. The molecule has 4 rings (SSSR count). The van der Waals surface area contributed by atoms with Crippen LogP contribution in [-0.2, 0) is 30.2 Å². The molecule has 9 heteroatoms. The molecule has 170 valence electrons. The number of alkyl halides is 6. The van der Waals surface area contributed by atoms with Gasteiger partial charge in [-0.15, -0.1) is 0 Å². The molecule has 0 spiro atoms. The largest absolute Gasteiger partial charge is 0.489 e. The van der Waals surface area contributed by atoms with Gasteiger partial charge in [0.05, 0.1) is 11.1 Å². The van der Waals surface area contributed by atoms with E-state index in [1.165, 1.54) is 0 Å². The lowest BCUT2D eigenvalue weighted by molar-refractivity contribution is -0.142. The molecule has 2 aromatic carbocycles. The van der Waals surface area contributed by atoms with Crippen molar-refractivity contribution in [3.63, 3.8) is 0 Å². The number of anilines is 1. The van der Waals surface area contributed by atoms with Gasteiger partial charge in [0.2, 0.25) is 0 Å². The van der Waals surface area contributed by atoms with Crippen molar-refractivity contribution < 1.29 is 35.9 Å². The number of halogens is 6. The third-order valence-corrected chi connectivity index (χ3v) is 5.84. The van der Waals surface area contributed by atoms with Crippen molar-refractivity contribution in [2.45, 2.75) is 45.1 Å². The first kappa shape index (κ1) is 22.2. The van der Waals surface area contributed by atoms with Crippen molar-refractivity contribution in [3.05, 3.63) is 69.9 Å². The molecule has 0 atom stereocenters. The molecule has 0 aliphatic carbocycles. The van der Waals surface area contributed by atoms with Crippen molar-refractivity contribution >= 4 is 11.5 Å². The molecule has 2 aromatic rings. The smallest absolute Gasteiger partial charge is 0.416 e. The molecule has 32 heavy (non-hydrogen) atoms. The van der Waals surface area contributed by atoms with Crippen molar-refractivity contribution in [3.8, 4) is 5.75 Å². The summed E-state index contributed by atoms with van der Waals surface area (Å²) in [5.41, 5.74) is 0.623.